The molecule has 3 aromatic rings. The van der Waals surface area contributed by atoms with Gasteiger partial charge < -0.3 is 14.6 Å². The summed E-state index contributed by atoms with van der Waals surface area (Å²) in [5.74, 6) is -0.312. The molecule has 6 heteroatoms. The number of anilines is 1. The minimum atomic E-state index is -2.10. The quantitative estimate of drug-likeness (QED) is 0.574. The van der Waals surface area contributed by atoms with E-state index in [0.29, 0.717) is 65.2 Å². The molecule has 2 fully saturated rings. The van der Waals surface area contributed by atoms with Gasteiger partial charge in [0.25, 0.3) is 0 Å². The third-order valence-electron chi connectivity index (χ3n) is 7.65. The number of aryl methyl sites for hydroxylation is 1. The van der Waals surface area contributed by atoms with Gasteiger partial charge in [0.05, 0.1) is 30.4 Å². The van der Waals surface area contributed by atoms with E-state index in [2.05, 4.69) is 16.0 Å². The van der Waals surface area contributed by atoms with Gasteiger partial charge in [-0.15, -0.1) is 0 Å². The van der Waals surface area contributed by atoms with Crippen LogP contribution in [0.25, 0.3) is 10.9 Å². The van der Waals surface area contributed by atoms with E-state index in [1.165, 1.54) is 4.90 Å². The van der Waals surface area contributed by atoms with Gasteiger partial charge in [-0.2, -0.15) is 5.26 Å². The van der Waals surface area contributed by atoms with Crippen molar-refractivity contribution in [1.29, 1.82) is 5.26 Å². The Hall–Kier alpha value is -3.14. The van der Waals surface area contributed by atoms with Crippen molar-refractivity contribution in [3.05, 3.63) is 63.8 Å². The highest BCUT2D eigenvalue weighted by Crippen LogP contribution is 2.46. The van der Waals surface area contributed by atoms with Crippen LogP contribution in [0.1, 0.15) is 81.4 Å². The maximum atomic E-state index is 14.1. The zero-order valence-corrected chi connectivity index (χ0v) is 20.2. The zero-order valence-electron chi connectivity index (χ0n) is 27.2. The Morgan fingerprint density at radius 1 is 1.22 bits per heavy atom. The van der Waals surface area contributed by atoms with E-state index in [9.17, 15) is 10.1 Å². The van der Waals surface area contributed by atoms with Crippen LogP contribution < -0.4 is 4.90 Å². The molecule has 2 saturated heterocycles. The second-order valence-electron chi connectivity index (χ2n) is 9.80. The summed E-state index contributed by atoms with van der Waals surface area (Å²) < 4.78 is 67.3. The van der Waals surface area contributed by atoms with Gasteiger partial charge >= 0.3 is 0 Å². The van der Waals surface area contributed by atoms with Gasteiger partial charge in [0.15, 0.2) is 5.78 Å². The van der Waals surface area contributed by atoms with E-state index in [0.717, 1.165) is 0 Å². The normalized spacial score (nSPS) is 25.8. The Balaban J connectivity index is 1.53. The van der Waals surface area contributed by atoms with Crippen molar-refractivity contribution in [3.63, 3.8) is 0 Å². The molecule has 0 spiro atoms. The molecule has 0 unspecified atom stereocenters. The summed E-state index contributed by atoms with van der Waals surface area (Å²) in [5.41, 5.74) is 1.87. The van der Waals surface area contributed by atoms with Crippen LogP contribution in [-0.2, 0) is 16.6 Å². The third kappa shape index (κ3) is 3.56. The number of carbonyl (C=O) groups excluding carboxylic acids is 1. The summed E-state index contributed by atoms with van der Waals surface area (Å²) in [5, 5.41) is 10.0. The number of hydrogen-bond acceptors (Lipinski definition) is 5. The first-order valence-corrected chi connectivity index (χ1v) is 12.3. The minimum Gasteiger partial charge on any atom is -0.379 e. The van der Waals surface area contributed by atoms with Crippen LogP contribution in [0.2, 0.25) is 0 Å². The number of ether oxygens (including phenoxy) is 1. The molecular weight excluding hydrogens is 448 g/mol. The highest BCUT2D eigenvalue weighted by molar-refractivity contribution is 6.20. The lowest BCUT2D eigenvalue weighted by molar-refractivity contribution is 0.0115. The van der Waals surface area contributed by atoms with Gasteiger partial charge in [-0.25, -0.2) is 0 Å². The maximum absolute atomic E-state index is 14.1. The Labute approximate surface area is 222 Å². The monoisotopic (exact) mass is 489 g/mol. The number of fused-ring (bicyclic) bond motifs is 4. The number of carbonyl (C=O) groups is 1. The summed E-state index contributed by atoms with van der Waals surface area (Å²) in [6.45, 7) is -2.54. The van der Waals surface area contributed by atoms with E-state index >= 15 is 0 Å². The molecule has 3 heterocycles. The van der Waals surface area contributed by atoms with Crippen LogP contribution in [0.15, 0.2) is 30.3 Å². The molecule has 36 heavy (non-hydrogen) atoms. The first-order valence-electron chi connectivity index (χ1n) is 16.4. The molecule has 0 amide bonds. The predicted octanol–water partition coefficient (Wildman–Crippen LogP) is 4.77. The molecule has 186 valence electrons. The Bertz CT molecular complexity index is 1600. The van der Waals surface area contributed by atoms with Crippen molar-refractivity contribution in [3.8, 4) is 6.07 Å². The molecule has 6 nitrogen and oxygen atoms in total. The average molecular weight is 490 g/mol. The number of hydrogen-bond donors (Lipinski definition) is 1. The molecule has 3 aliphatic rings. The summed E-state index contributed by atoms with van der Waals surface area (Å²) in [7, 11) is 0. The number of aromatic nitrogens is 1. The molecule has 1 N–H and O–H groups in total. The van der Waals surface area contributed by atoms with Gasteiger partial charge in [-0.1, -0.05) is 26.8 Å². The number of morpholine rings is 1. The largest absolute Gasteiger partial charge is 0.379 e. The highest BCUT2D eigenvalue weighted by Gasteiger charge is 2.40. The van der Waals surface area contributed by atoms with Crippen molar-refractivity contribution in [2.75, 3.05) is 44.2 Å². The zero-order chi connectivity index (χ0) is 30.7. The van der Waals surface area contributed by atoms with Crippen LogP contribution in [0.4, 0.5) is 5.69 Å². The smallest absolute Gasteiger partial charge is 0.195 e. The molecule has 2 aliphatic heterocycles. The second kappa shape index (κ2) is 8.76. The Kier molecular flexibility index (Phi) is 4.03. The van der Waals surface area contributed by atoms with Gasteiger partial charge in [0.2, 0.25) is 0 Å². The summed E-state index contributed by atoms with van der Waals surface area (Å²) in [4.78, 5) is 20.7. The van der Waals surface area contributed by atoms with Crippen molar-refractivity contribution < 1.29 is 19.1 Å². The number of benzene rings is 2. The number of piperidine rings is 1. The first-order chi connectivity index (χ1) is 20.5. The number of nitriles is 1. The molecular formula is C30H34N4O2. The topological polar surface area (TPSA) is 72.4 Å². The number of rotatable bonds is 3. The maximum Gasteiger partial charge on any atom is 0.195 e. The fourth-order valence-electron chi connectivity index (χ4n) is 5.65. The van der Waals surface area contributed by atoms with Crippen LogP contribution in [0.3, 0.4) is 0 Å². The van der Waals surface area contributed by atoms with E-state index in [1.807, 2.05) is 0 Å². The van der Waals surface area contributed by atoms with Crippen molar-refractivity contribution in [2.45, 2.75) is 51.4 Å². The van der Waals surface area contributed by atoms with Gasteiger partial charge in [-0.05, 0) is 54.7 Å². The Morgan fingerprint density at radius 2 is 2.03 bits per heavy atom. The summed E-state index contributed by atoms with van der Waals surface area (Å²) in [6, 6.07) is 9.99. The summed E-state index contributed by atoms with van der Waals surface area (Å²) in [6.07, 6.45) is 0.309. The predicted molar refractivity (Wildman–Crippen MR) is 142 cm³/mol. The highest BCUT2D eigenvalue weighted by atomic mass is 16.5. The SMILES string of the molecule is [2H]CCc1cc2c(cc1N1C([2H])([2H])CC(N3CCOCC3)CC1([2H])[2H])C(C[2H])(C[2H])c1[nH]c3cc(C#N)ccc3c1C2=O. The minimum absolute atomic E-state index is 0.0481. The lowest BCUT2D eigenvalue weighted by Crippen LogP contribution is -2.49. The van der Waals surface area contributed by atoms with Crippen molar-refractivity contribution in [2.24, 2.45) is 0 Å². The van der Waals surface area contributed by atoms with Crippen molar-refractivity contribution in [1.82, 2.24) is 9.88 Å². The van der Waals surface area contributed by atoms with Crippen LogP contribution in [0, 0.1) is 11.3 Å². The molecule has 6 rings (SSSR count). The molecule has 0 bridgehead atoms. The first kappa shape index (κ1) is 16.6. The van der Waals surface area contributed by atoms with Gasteiger partial charge in [-0.3, -0.25) is 9.69 Å². The van der Waals surface area contributed by atoms with Crippen LogP contribution in [0.5, 0.6) is 0 Å². The number of ketones is 1. The summed E-state index contributed by atoms with van der Waals surface area (Å²) >= 11 is 0. The van der Waals surface area contributed by atoms with E-state index in [4.69, 9.17) is 14.3 Å². The molecule has 0 radical (unpaired) electrons. The number of nitrogens with zero attached hydrogens (tertiary/aromatic N) is 3. The van der Waals surface area contributed by atoms with Crippen LogP contribution in [-0.4, -0.2) is 61.0 Å². The van der Waals surface area contributed by atoms with Gasteiger partial charge in [0.1, 0.15) is 0 Å². The van der Waals surface area contributed by atoms with Crippen molar-refractivity contribution >= 4 is 22.4 Å². The number of H-pyrrole nitrogens is 1. The lowest BCUT2D eigenvalue weighted by atomic mass is 9.70. The standard InChI is InChI=1S/C30H34N4O2/c1-4-20-16-23-24(17-26(20)34-9-7-21(8-10-34)33-11-13-36-14-12-33)30(2,3)29-27(28(23)35)22-6-5-19(18-31)15-25(22)32-29/h5-6,15-17,21,32H,4,7-14H2,1-3H3/i1D,2D,3D,9D2,10D2. The molecule has 2 aromatic carbocycles. The lowest BCUT2D eigenvalue weighted by Gasteiger charge is -2.42. The van der Waals surface area contributed by atoms with E-state index in [1.54, 1.807) is 30.3 Å². The van der Waals surface area contributed by atoms with E-state index < -0.39 is 18.4 Å². The fraction of sp³-hybridized carbons (Fsp3) is 0.467. The molecule has 1 aliphatic carbocycles. The number of aromatic amines is 1. The molecule has 0 saturated carbocycles. The Morgan fingerprint density at radius 3 is 2.75 bits per heavy atom. The van der Waals surface area contributed by atoms with Gasteiger partial charge in [0, 0.05) is 75.0 Å². The van der Waals surface area contributed by atoms with E-state index in [-0.39, 0.29) is 63.0 Å². The fourth-order valence-corrected chi connectivity index (χ4v) is 5.65. The van der Waals surface area contributed by atoms with Crippen LogP contribution >= 0.6 is 0 Å². The molecule has 1 aromatic heterocycles. The third-order valence-corrected chi connectivity index (χ3v) is 7.65. The molecule has 0 atom stereocenters. The number of nitrogens with one attached hydrogen (secondary N) is 1. The average Bonchev–Trinajstić information content (AvgIpc) is 3.37. The second-order valence-corrected chi connectivity index (χ2v) is 9.80.